The number of nitrogens with zero attached hydrogens (tertiary/aromatic N) is 1. The van der Waals surface area contributed by atoms with Crippen LogP contribution in [0.2, 0.25) is 5.02 Å². The molecule has 1 aromatic heterocycles. The molecule has 0 aliphatic heterocycles. The number of carbonyl (C=O) groups excluding carboxylic acids is 1. The number of hydrogen-bond donors (Lipinski definition) is 1. The van der Waals surface area contributed by atoms with Crippen molar-refractivity contribution in [1.29, 1.82) is 5.26 Å². The van der Waals surface area contributed by atoms with Crippen molar-refractivity contribution in [2.45, 2.75) is 0 Å². The van der Waals surface area contributed by atoms with E-state index in [1.807, 2.05) is 6.07 Å². The first-order chi connectivity index (χ1) is 8.61. The van der Waals surface area contributed by atoms with Gasteiger partial charge < -0.3 is 5.32 Å². The number of benzene rings is 1. The maximum Gasteiger partial charge on any atom is 0.267 e. The predicted octanol–water partition coefficient (Wildman–Crippen LogP) is 3.66. The molecule has 6 heteroatoms. The summed E-state index contributed by atoms with van der Waals surface area (Å²) in [5, 5.41) is 13.0. The number of rotatable bonds is 2. The summed E-state index contributed by atoms with van der Waals surface area (Å²) in [6.45, 7) is 0. The molecule has 18 heavy (non-hydrogen) atoms. The van der Waals surface area contributed by atoms with E-state index in [-0.39, 0.29) is 11.3 Å². The second-order valence-electron chi connectivity index (χ2n) is 3.36. The molecule has 0 saturated carbocycles. The van der Waals surface area contributed by atoms with Gasteiger partial charge in [-0.25, -0.2) is 4.39 Å². The fourth-order valence-corrected chi connectivity index (χ4v) is 2.36. The molecule has 1 N–H and O–H groups in total. The number of anilines is 1. The first kappa shape index (κ1) is 12.6. The van der Waals surface area contributed by atoms with Gasteiger partial charge >= 0.3 is 0 Å². The largest absolute Gasteiger partial charge is 0.319 e. The van der Waals surface area contributed by atoms with Crippen LogP contribution in [0, 0.1) is 17.1 Å². The Hall–Kier alpha value is -1.90. The molecule has 0 spiro atoms. The number of nitrogens with one attached hydrogen (secondary N) is 1. The summed E-state index contributed by atoms with van der Waals surface area (Å²) in [7, 11) is 0. The van der Waals surface area contributed by atoms with E-state index in [1.165, 1.54) is 23.5 Å². The average molecular weight is 281 g/mol. The van der Waals surface area contributed by atoms with E-state index in [1.54, 1.807) is 11.4 Å². The number of hydrogen-bond acceptors (Lipinski definition) is 3. The summed E-state index contributed by atoms with van der Waals surface area (Å²) < 4.78 is 13.5. The zero-order valence-corrected chi connectivity index (χ0v) is 10.5. The van der Waals surface area contributed by atoms with E-state index >= 15 is 0 Å². The van der Waals surface area contributed by atoms with Gasteiger partial charge in [-0.2, -0.15) is 5.26 Å². The Morgan fingerprint density at radius 2 is 2.22 bits per heavy atom. The fraction of sp³-hybridized carbons (Fsp3) is 0. The molecule has 0 bridgehead atoms. The third kappa shape index (κ3) is 2.50. The van der Waals surface area contributed by atoms with Gasteiger partial charge in [0.2, 0.25) is 0 Å². The maximum absolute atomic E-state index is 13.5. The summed E-state index contributed by atoms with van der Waals surface area (Å²) in [6.07, 6.45) is 0. The average Bonchev–Trinajstić information content (AvgIpc) is 2.78. The molecule has 1 aromatic carbocycles. The summed E-state index contributed by atoms with van der Waals surface area (Å²) in [5.74, 6) is -1.13. The molecule has 0 aliphatic rings. The molecular formula is C12H6ClFN2OS. The minimum atomic E-state index is -0.657. The van der Waals surface area contributed by atoms with E-state index in [9.17, 15) is 9.18 Å². The van der Waals surface area contributed by atoms with Gasteiger partial charge in [0.05, 0.1) is 22.3 Å². The Morgan fingerprint density at radius 3 is 2.78 bits per heavy atom. The molecule has 90 valence electrons. The van der Waals surface area contributed by atoms with Gasteiger partial charge in [0, 0.05) is 0 Å². The first-order valence-electron chi connectivity index (χ1n) is 4.86. The number of halogens is 2. The monoisotopic (exact) mass is 280 g/mol. The number of thiophene rings is 1. The second kappa shape index (κ2) is 5.17. The second-order valence-corrected chi connectivity index (χ2v) is 4.68. The molecule has 1 amide bonds. The van der Waals surface area contributed by atoms with Crippen LogP contribution >= 0.6 is 22.9 Å². The van der Waals surface area contributed by atoms with E-state index in [0.29, 0.717) is 9.90 Å². The van der Waals surface area contributed by atoms with Crippen molar-refractivity contribution in [2.24, 2.45) is 0 Å². The molecule has 1 heterocycles. The fourth-order valence-electron chi connectivity index (χ4n) is 1.32. The molecule has 0 aliphatic carbocycles. The van der Waals surface area contributed by atoms with Crippen molar-refractivity contribution in [3.63, 3.8) is 0 Å². The van der Waals surface area contributed by atoms with Crippen LogP contribution in [0.3, 0.4) is 0 Å². The molecule has 3 nitrogen and oxygen atoms in total. The van der Waals surface area contributed by atoms with Crippen LogP contribution in [-0.2, 0) is 0 Å². The minimum absolute atomic E-state index is 0.0171. The topological polar surface area (TPSA) is 52.9 Å². The van der Waals surface area contributed by atoms with Crippen molar-refractivity contribution >= 4 is 34.5 Å². The van der Waals surface area contributed by atoms with Crippen LogP contribution in [0.1, 0.15) is 15.2 Å². The molecule has 0 saturated heterocycles. The Bertz CT molecular complexity index is 648. The van der Waals surface area contributed by atoms with Crippen LogP contribution in [0.5, 0.6) is 0 Å². The van der Waals surface area contributed by atoms with E-state index in [0.717, 1.165) is 6.07 Å². The number of nitriles is 1. The Labute approximate surface area is 111 Å². The summed E-state index contributed by atoms with van der Waals surface area (Å²) in [5.41, 5.74) is 0.211. The lowest BCUT2D eigenvalue weighted by atomic mass is 10.2. The maximum atomic E-state index is 13.5. The van der Waals surface area contributed by atoms with Gasteiger partial charge in [0.15, 0.2) is 0 Å². The highest BCUT2D eigenvalue weighted by molar-refractivity contribution is 7.12. The smallest absolute Gasteiger partial charge is 0.267 e. The third-order valence-electron chi connectivity index (χ3n) is 2.17. The molecule has 2 aromatic rings. The highest BCUT2D eigenvalue weighted by Crippen LogP contribution is 2.24. The van der Waals surface area contributed by atoms with Gasteiger partial charge in [-0.05, 0) is 29.6 Å². The molecule has 0 unspecified atom stereocenters. The van der Waals surface area contributed by atoms with Crippen LogP contribution < -0.4 is 5.32 Å². The molecular weight excluding hydrogens is 275 g/mol. The van der Waals surface area contributed by atoms with E-state index in [4.69, 9.17) is 16.9 Å². The van der Waals surface area contributed by atoms with Crippen molar-refractivity contribution < 1.29 is 9.18 Å². The Kier molecular flexibility index (Phi) is 3.60. The zero-order valence-electron chi connectivity index (χ0n) is 8.91. The van der Waals surface area contributed by atoms with Gasteiger partial charge in [-0.15, -0.1) is 11.3 Å². The standard InChI is InChI=1S/C12H6ClFN2OS/c13-8-3-4-18-11(8)12(17)16-10-2-1-7(6-15)5-9(10)14/h1-5H,(H,16,17). The van der Waals surface area contributed by atoms with Gasteiger partial charge in [-0.1, -0.05) is 11.6 Å². The third-order valence-corrected chi connectivity index (χ3v) is 3.51. The highest BCUT2D eigenvalue weighted by Gasteiger charge is 2.14. The lowest BCUT2D eigenvalue weighted by molar-refractivity contribution is 0.103. The van der Waals surface area contributed by atoms with Gasteiger partial charge in [-0.3, -0.25) is 4.79 Å². The minimum Gasteiger partial charge on any atom is -0.319 e. The van der Waals surface area contributed by atoms with Crippen molar-refractivity contribution in [3.05, 3.63) is 50.9 Å². The van der Waals surface area contributed by atoms with Crippen LogP contribution in [0.25, 0.3) is 0 Å². The first-order valence-corrected chi connectivity index (χ1v) is 6.11. The Balaban J connectivity index is 2.23. The van der Waals surface area contributed by atoms with Crippen molar-refractivity contribution in [2.75, 3.05) is 5.32 Å². The summed E-state index contributed by atoms with van der Waals surface area (Å²) in [4.78, 5) is 12.1. The lowest BCUT2D eigenvalue weighted by Crippen LogP contribution is -2.11. The predicted molar refractivity (Wildman–Crippen MR) is 68.4 cm³/mol. The van der Waals surface area contributed by atoms with E-state index in [2.05, 4.69) is 5.32 Å². The van der Waals surface area contributed by atoms with Crippen LogP contribution in [0.15, 0.2) is 29.6 Å². The molecule has 0 atom stereocenters. The molecule has 2 rings (SSSR count). The highest BCUT2D eigenvalue weighted by atomic mass is 35.5. The lowest BCUT2D eigenvalue weighted by Gasteiger charge is -2.05. The van der Waals surface area contributed by atoms with Crippen LogP contribution in [0.4, 0.5) is 10.1 Å². The van der Waals surface area contributed by atoms with Crippen molar-refractivity contribution in [1.82, 2.24) is 0 Å². The summed E-state index contributed by atoms with van der Waals surface area (Å²) in [6, 6.07) is 7.23. The van der Waals surface area contributed by atoms with Gasteiger partial charge in [0.1, 0.15) is 10.7 Å². The van der Waals surface area contributed by atoms with Crippen LogP contribution in [-0.4, -0.2) is 5.91 Å². The normalized spacial score (nSPS) is 9.83. The Morgan fingerprint density at radius 1 is 1.44 bits per heavy atom. The zero-order chi connectivity index (χ0) is 13.1. The van der Waals surface area contributed by atoms with Crippen molar-refractivity contribution in [3.8, 4) is 6.07 Å². The number of amides is 1. The summed E-state index contributed by atoms with van der Waals surface area (Å²) >= 11 is 6.97. The molecule has 0 fully saturated rings. The van der Waals surface area contributed by atoms with Gasteiger partial charge in [0.25, 0.3) is 5.91 Å². The molecule has 0 radical (unpaired) electrons. The number of carbonyl (C=O) groups is 1. The van der Waals surface area contributed by atoms with E-state index < -0.39 is 11.7 Å². The SMILES string of the molecule is N#Cc1ccc(NC(=O)c2sccc2Cl)c(F)c1. The quantitative estimate of drug-likeness (QED) is 0.912.